The summed E-state index contributed by atoms with van der Waals surface area (Å²) in [7, 11) is 0. The minimum Gasteiger partial charge on any atom is -0.479 e. The van der Waals surface area contributed by atoms with E-state index in [4.69, 9.17) is 5.11 Å². The number of aliphatic hydroxyl groups is 1. The molecule has 0 amide bonds. The first kappa shape index (κ1) is 11.1. The molecule has 3 nitrogen and oxygen atoms in total. The first-order valence-corrected chi connectivity index (χ1v) is 5.34. The Morgan fingerprint density at radius 2 is 2.14 bits per heavy atom. The van der Waals surface area contributed by atoms with E-state index < -0.39 is 12.1 Å². The topological polar surface area (TPSA) is 57.5 Å². The summed E-state index contributed by atoms with van der Waals surface area (Å²) in [5, 5.41) is 18.0. The smallest absolute Gasteiger partial charge is 0.337 e. The van der Waals surface area contributed by atoms with Gasteiger partial charge in [-0.2, -0.15) is 0 Å². The second kappa shape index (κ2) is 4.48. The number of benzene rings is 1. The minimum atomic E-state index is -1.43. The van der Waals surface area contributed by atoms with Crippen molar-refractivity contribution in [3.63, 3.8) is 0 Å². The number of thioether (sulfide) groups is 1. The molecule has 0 spiro atoms. The summed E-state index contributed by atoms with van der Waals surface area (Å²) in [6.45, 7) is 1.79. The summed E-state index contributed by atoms with van der Waals surface area (Å²) >= 11 is 1.58. The van der Waals surface area contributed by atoms with Crippen LogP contribution in [0, 0.1) is 6.92 Å². The molecule has 1 aromatic rings. The Hall–Kier alpha value is -1.00. The van der Waals surface area contributed by atoms with Gasteiger partial charge in [-0.05, 0) is 36.4 Å². The van der Waals surface area contributed by atoms with Crippen LogP contribution in [0.25, 0.3) is 0 Å². The van der Waals surface area contributed by atoms with Gasteiger partial charge in [-0.3, -0.25) is 0 Å². The van der Waals surface area contributed by atoms with Crippen molar-refractivity contribution in [3.05, 3.63) is 29.3 Å². The van der Waals surface area contributed by atoms with Gasteiger partial charge in [0.2, 0.25) is 0 Å². The molecule has 1 aromatic carbocycles. The fourth-order valence-corrected chi connectivity index (χ4v) is 1.71. The van der Waals surface area contributed by atoms with Gasteiger partial charge in [-0.15, -0.1) is 11.8 Å². The molecule has 0 radical (unpaired) electrons. The molecule has 14 heavy (non-hydrogen) atoms. The molecule has 0 fully saturated rings. The largest absolute Gasteiger partial charge is 0.479 e. The highest BCUT2D eigenvalue weighted by Crippen LogP contribution is 2.23. The van der Waals surface area contributed by atoms with Crippen molar-refractivity contribution in [2.75, 3.05) is 6.26 Å². The van der Waals surface area contributed by atoms with Crippen LogP contribution in [0.2, 0.25) is 0 Å². The third-order valence-electron chi connectivity index (χ3n) is 2.01. The number of aliphatic hydroxyl groups excluding tert-OH is 1. The van der Waals surface area contributed by atoms with Crippen LogP contribution >= 0.6 is 11.8 Å². The highest BCUT2D eigenvalue weighted by Gasteiger charge is 2.17. The molecule has 0 aliphatic carbocycles. The number of carbonyl (C=O) groups is 1. The molecular formula is C10H12O3S. The SMILES string of the molecule is CSc1ccc(C(O)C(=O)O)c(C)c1. The average molecular weight is 212 g/mol. The average Bonchev–Trinajstić information content (AvgIpc) is 2.16. The molecule has 2 N–H and O–H groups in total. The van der Waals surface area contributed by atoms with Gasteiger partial charge in [0.1, 0.15) is 0 Å². The van der Waals surface area contributed by atoms with E-state index in [1.165, 1.54) is 0 Å². The highest BCUT2D eigenvalue weighted by atomic mass is 32.2. The zero-order chi connectivity index (χ0) is 10.7. The maximum Gasteiger partial charge on any atom is 0.337 e. The second-order valence-electron chi connectivity index (χ2n) is 2.96. The van der Waals surface area contributed by atoms with Crippen LogP contribution in [0.1, 0.15) is 17.2 Å². The zero-order valence-electron chi connectivity index (χ0n) is 8.02. The minimum absolute atomic E-state index is 0.454. The number of hydrogen-bond acceptors (Lipinski definition) is 3. The van der Waals surface area contributed by atoms with E-state index in [9.17, 15) is 9.90 Å². The molecule has 1 unspecified atom stereocenters. The lowest BCUT2D eigenvalue weighted by Gasteiger charge is -2.10. The lowest BCUT2D eigenvalue weighted by molar-refractivity contribution is -0.147. The Labute approximate surface area is 86.8 Å². The van der Waals surface area contributed by atoms with Crippen LogP contribution < -0.4 is 0 Å². The van der Waals surface area contributed by atoms with Gasteiger partial charge in [-0.1, -0.05) is 6.07 Å². The Balaban J connectivity index is 3.05. The van der Waals surface area contributed by atoms with Crippen molar-refractivity contribution in [2.45, 2.75) is 17.9 Å². The summed E-state index contributed by atoms with van der Waals surface area (Å²) in [5.74, 6) is -1.22. The molecule has 0 aliphatic heterocycles. The van der Waals surface area contributed by atoms with E-state index in [1.54, 1.807) is 30.8 Å². The second-order valence-corrected chi connectivity index (χ2v) is 3.84. The number of rotatable bonds is 3. The Kier molecular flexibility index (Phi) is 3.55. The predicted octanol–water partition coefficient (Wildman–Crippen LogP) is 1.83. The molecule has 76 valence electrons. The fraction of sp³-hybridized carbons (Fsp3) is 0.300. The van der Waals surface area contributed by atoms with Crippen molar-refractivity contribution >= 4 is 17.7 Å². The first-order valence-electron chi connectivity index (χ1n) is 4.11. The Morgan fingerprint density at radius 3 is 2.57 bits per heavy atom. The molecule has 0 saturated carbocycles. The molecule has 0 aliphatic rings. The van der Waals surface area contributed by atoms with Crippen LogP contribution in [0.4, 0.5) is 0 Å². The number of hydrogen-bond donors (Lipinski definition) is 2. The Morgan fingerprint density at radius 1 is 1.50 bits per heavy atom. The number of aryl methyl sites for hydroxylation is 1. The van der Waals surface area contributed by atoms with Crippen LogP contribution in [0.15, 0.2) is 23.1 Å². The maximum atomic E-state index is 10.6. The predicted molar refractivity (Wildman–Crippen MR) is 55.6 cm³/mol. The van der Waals surface area contributed by atoms with Crippen LogP contribution in [-0.4, -0.2) is 22.4 Å². The molecule has 0 bridgehead atoms. The molecular weight excluding hydrogens is 200 g/mol. The molecule has 0 heterocycles. The molecule has 0 saturated heterocycles. The normalized spacial score (nSPS) is 12.5. The monoisotopic (exact) mass is 212 g/mol. The first-order chi connectivity index (χ1) is 6.56. The van der Waals surface area contributed by atoms with Gasteiger partial charge in [-0.25, -0.2) is 4.79 Å². The zero-order valence-corrected chi connectivity index (χ0v) is 8.84. The van der Waals surface area contributed by atoms with Crippen molar-refractivity contribution in [2.24, 2.45) is 0 Å². The van der Waals surface area contributed by atoms with E-state index in [-0.39, 0.29) is 0 Å². The van der Waals surface area contributed by atoms with Crippen molar-refractivity contribution in [1.29, 1.82) is 0 Å². The number of aliphatic carboxylic acids is 1. The lowest BCUT2D eigenvalue weighted by Crippen LogP contribution is -2.11. The molecule has 1 atom stereocenters. The Bertz CT molecular complexity index is 349. The van der Waals surface area contributed by atoms with Gasteiger partial charge in [0.15, 0.2) is 6.10 Å². The van der Waals surface area contributed by atoms with E-state index in [0.29, 0.717) is 5.56 Å². The van der Waals surface area contributed by atoms with Gasteiger partial charge in [0.25, 0.3) is 0 Å². The molecule has 1 rings (SSSR count). The molecule has 0 aromatic heterocycles. The van der Waals surface area contributed by atoms with Gasteiger partial charge in [0.05, 0.1) is 0 Å². The van der Waals surface area contributed by atoms with Crippen LogP contribution in [0.3, 0.4) is 0 Å². The third kappa shape index (κ3) is 2.27. The summed E-state index contributed by atoms with van der Waals surface area (Å²) < 4.78 is 0. The van der Waals surface area contributed by atoms with Crippen LogP contribution in [-0.2, 0) is 4.79 Å². The fourth-order valence-electron chi connectivity index (χ4n) is 1.21. The summed E-state index contributed by atoms with van der Waals surface area (Å²) in [4.78, 5) is 11.6. The summed E-state index contributed by atoms with van der Waals surface area (Å²) in [6.07, 6.45) is 0.521. The summed E-state index contributed by atoms with van der Waals surface area (Å²) in [6, 6.07) is 5.32. The summed E-state index contributed by atoms with van der Waals surface area (Å²) in [5.41, 5.74) is 1.25. The van der Waals surface area contributed by atoms with E-state index in [0.717, 1.165) is 10.5 Å². The van der Waals surface area contributed by atoms with E-state index in [1.807, 2.05) is 12.3 Å². The quantitative estimate of drug-likeness (QED) is 0.750. The van der Waals surface area contributed by atoms with Crippen molar-refractivity contribution in [3.8, 4) is 0 Å². The van der Waals surface area contributed by atoms with Crippen molar-refractivity contribution < 1.29 is 15.0 Å². The number of carboxylic acid groups (broad SMARTS) is 1. The van der Waals surface area contributed by atoms with E-state index >= 15 is 0 Å². The van der Waals surface area contributed by atoms with Gasteiger partial charge < -0.3 is 10.2 Å². The maximum absolute atomic E-state index is 10.6. The van der Waals surface area contributed by atoms with E-state index in [2.05, 4.69) is 0 Å². The third-order valence-corrected chi connectivity index (χ3v) is 2.73. The molecule has 4 heteroatoms. The van der Waals surface area contributed by atoms with Gasteiger partial charge >= 0.3 is 5.97 Å². The van der Waals surface area contributed by atoms with Gasteiger partial charge in [0, 0.05) is 4.90 Å². The standard InChI is InChI=1S/C10H12O3S/c1-6-5-7(14-2)3-4-8(6)9(11)10(12)13/h3-5,9,11H,1-2H3,(H,12,13). The van der Waals surface area contributed by atoms with Crippen LogP contribution in [0.5, 0.6) is 0 Å². The number of carboxylic acids is 1. The lowest BCUT2D eigenvalue weighted by atomic mass is 10.0. The van der Waals surface area contributed by atoms with Crippen molar-refractivity contribution in [1.82, 2.24) is 0 Å². The highest BCUT2D eigenvalue weighted by molar-refractivity contribution is 7.98.